The molecule has 3 aromatic carbocycles. The van der Waals surface area contributed by atoms with E-state index in [1.165, 1.54) is 0 Å². The van der Waals surface area contributed by atoms with Crippen LogP contribution in [-0.4, -0.2) is 24.3 Å². The van der Waals surface area contributed by atoms with Gasteiger partial charge in [-0.1, -0.05) is 6.07 Å². The third kappa shape index (κ3) is 5.82. The largest absolute Gasteiger partial charge is 0.424 e. The molecule has 178 valence electrons. The molecule has 0 spiro atoms. The fourth-order valence-corrected chi connectivity index (χ4v) is 4.41. The second-order valence-corrected chi connectivity index (χ2v) is 9.68. The van der Waals surface area contributed by atoms with Gasteiger partial charge < -0.3 is 10.1 Å². The summed E-state index contributed by atoms with van der Waals surface area (Å²) in [5.41, 5.74) is 4.07. The number of hydrogen-bond acceptors (Lipinski definition) is 6. The van der Waals surface area contributed by atoms with E-state index in [1.54, 1.807) is 79.1 Å². The number of carbonyl (C=O) groups excluding carboxylic acids is 1. The van der Waals surface area contributed by atoms with Gasteiger partial charge in [0.1, 0.15) is 5.75 Å². The number of nitrogens with zero attached hydrogens (tertiary/aromatic N) is 2. The molecule has 0 radical (unpaired) electrons. The summed E-state index contributed by atoms with van der Waals surface area (Å²) in [6, 6.07) is 18.4. The lowest BCUT2D eigenvalue weighted by atomic mass is 10.1. The van der Waals surface area contributed by atoms with Gasteiger partial charge in [0.2, 0.25) is 0 Å². The second kappa shape index (κ2) is 9.94. The number of aromatic nitrogens is 2. The van der Waals surface area contributed by atoms with E-state index in [0.717, 1.165) is 16.7 Å². The number of amides is 1. The molecule has 9 heteroatoms. The standard InChI is InChI=1S/C26H24N4O4S/c1-17-5-11-23(16-18(17)2)35(32,33)30-21-8-6-20(7-9-21)25(31)29-24-12-10-22(15-19(24)3)34-26-27-13-4-14-28-26/h4-16,30H,1-3H3,(H,29,31). The molecule has 0 fully saturated rings. The van der Waals surface area contributed by atoms with Crippen LogP contribution in [0.15, 0.2) is 84.0 Å². The van der Waals surface area contributed by atoms with Gasteiger partial charge in [0.15, 0.2) is 0 Å². The number of anilines is 2. The van der Waals surface area contributed by atoms with Crippen LogP contribution in [0.4, 0.5) is 11.4 Å². The summed E-state index contributed by atoms with van der Waals surface area (Å²) in [6.07, 6.45) is 3.17. The molecule has 8 nitrogen and oxygen atoms in total. The number of sulfonamides is 1. The van der Waals surface area contributed by atoms with Gasteiger partial charge in [0.25, 0.3) is 15.9 Å². The summed E-state index contributed by atoms with van der Waals surface area (Å²) in [5, 5.41) is 2.86. The van der Waals surface area contributed by atoms with Crippen molar-refractivity contribution in [2.45, 2.75) is 25.7 Å². The first-order valence-electron chi connectivity index (χ1n) is 10.8. The van der Waals surface area contributed by atoms with Crippen molar-refractivity contribution in [3.05, 3.63) is 101 Å². The zero-order valence-electron chi connectivity index (χ0n) is 19.4. The molecule has 0 atom stereocenters. The highest BCUT2D eigenvalue weighted by molar-refractivity contribution is 7.92. The van der Waals surface area contributed by atoms with Crippen molar-refractivity contribution in [1.82, 2.24) is 9.97 Å². The van der Waals surface area contributed by atoms with E-state index in [0.29, 0.717) is 22.7 Å². The molecule has 1 amide bonds. The Morgan fingerprint density at radius 1 is 0.829 bits per heavy atom. The van der Waals surface area contributed by atoms with E-state index < -0.39 is 10.0 Å². The van der Waals surface area contributed by atoms with Gasteiger partial charge in [0, 0.05) is 29.3 Å². The Morgan fingerprint density at radius 2 is 1.54 bits per heavy atom. The van der Waals surface area contributed by atoms with Gasteiger partial charge in [0.05, 0.1) is 4.90 Å². The smallest absolute Gasteiger partial charge is 0.321 e. The highest BCUT2D eigenvalue weighted by Gasteiger charge is 2.16. The molecule has 0 unspecified atom stereocenters. The fraction of sp³-hybridized carbons (Fsp3) is 0.115. The zero-order valence-corrected chi connectivity index (χ0v) is 20.3. The molecule has 4 aromatic rings. The number of nitrogens with one attached hydrogen (secondary N) is 2. The summed E-state index contributed by atoms with van der Waals surface area (Å²) >= 11 is 0. The van der Waals surface area contributed by atoms with Crippen LogP contribution in [0.25, 0.3) is 0 Å². The monoisotopic (exact) mass is 488 g/mol. The van der Waals surface area contributed by atoms with E-state index in [-0.39, 0.29) is 16.8 Å². The maximum atomic E-state index is 12.7. The lowest BCUT2D eigenvalue weighted by Gasteiger charge is -2.12. The van der Waals surface area contributed by atoms with Crippen LogP contribution in [0.2, 0.25) is 0 Å². The SMILES string of the molecule is Cc1ccc(S(=O)(=O)Nc2ccc(C(=O)Nc3ccc(Oc4ncccn4)cc3C)cc2)cc1C. The Hall–Kier alpha value is -4.24. The van der Waals surface area contributed by atoms with Crippen molar-refractivity contribution in [2.75, 3.05) is 10.0 Å². The molecule has 2 N–H and O–H groups in total. The van der Waals surface area contributed by atoms with Crippen molar-refractivity contribution in [3.63, 3.8) is 0 Å². The first kappa shape index (κ1) is 23.9. The molecule has 0 aliphatic rings. The number of benzene rings is 3. The number of carbonyl (C=O) groups is 1. The van der Waals surface area contributed by atoms with Crippen LogP contribution in [0.1, 0.15) is 27.0 Å². The molecule has 0 saturated carbocycles. The third-order valence-electron chi connectivity index (χ3n) is 5.39. The van der Waals surface area contributed by atoms with Gasteiger partial charge in [-0.2, -0.15) is 0 Å². The first-order valence-corrected chi connectivity index (χ1v) is 12.3. The summed E-state index contributed by atoms with van der Waals surface area (Å²) in [5.74, 6) is 0.226. The summed E-state index contributed by atoms with van der Waals surface area (Å²) in [6.45, 7) is 5.63. The van der Waals surface area contributed by atoms with Crippen molar-refractivity contribution >= 4 is 27.3 Å². The minimum Gasteiger partial charge on any atom is -0.424 e. The molecule has 4 rings (SSSR count). The molecule has 0 aliphatic carbocycles. The maximum absolute atomic E-state index is 12.7. The molecule has 1 heterocycles. The maximum Gasteiger partial charge on any atom is 0.321 e. The average Bonchev–Trinajstić information content (AvgIpc) is 2.83. The van der Waals surface area contributed by atoms with Crippen LogP contribution >= 0.6 is 0 Å². The predicted octanol–water partition coefficient (Wildman–Crippen LogP) is 5.25. The number of ether oxygens (including phenoxy) is 1. The molecule has 0 saturated heterocycles. The lowest BCUT2D eigenvalue weighted by molar-refractivity contribution is 0.102. The van der Waals surface area contributed by atoms with Gasteiger partial charge >= 0.3 is 6.01 Å². The van der Waals surface area contributed by atoms with Crippen molar-refractivity contribution in [3.8, 4) is 11.8 Å². The Labute approximate surface area is 204 Å². The van der Waals surface area contributed by atoms with E-state index in [1.807, 2.05) is 20.8 Å². The Morgan fingerprint density at radius 3 is 2.20 bits per heavy atom. The normalized spacial score (nSPS) is 11.1. The van der Waals surface area contributed by atoms with Gasteiger partial charge in [-0.15, -0.1) is 0 Å². The van der Waals surface area contributed by atoms with E-state index in [2.05, 4.69) is 20.0 Å². The highest BCUT2D eigenvalue weighted by Crippen LogP contribution is 2.25. The first-order chi connectivity index (χ1) is 16.7. The lowest BCUT2D eigenvalue weighted by Crippen LogP contribution is -2.15. The van der Waals surface area contributed by atoms with Gasteiger partial charge in [-0.25, -0.2) is 18.4 Å². The fourth-order valence-electron chi connectivity index (χ4n) is 3.26. The van der Waals surface area contributed by atoms with Crippen molar-refractivity contribution < 1.29 is 17.9 Å². The number of aryl methyl sites for hydroxylation is 3. The van der Waals surface area contributed by atoms with E-state index in [4.69, 9.17) is 4.74 Å². The van der Waals surface area contributed by atoms with Crippen LogP contribution in [-0.2, 0) is 10.0 Å². The molecule has 0 aliphatic heterocycles. The van der Waals surface area contributed by atoms with Crippen LogP contribution in [0.3, 0.4) is 0 Å². The van der Waals surface area contributed by atoms with E-state index in [9.17, 15) is 13.2 Å². The van der Waals surface area contributed by atoms with E-state index >= 15 is 0 Å². The molecule has 0 bridgehead atoms. The van der Waals surface area contributed by atoms with Gasteiger partial charge in [-0.3, -0.25) is 9.52 Å². The number of rotatable bonds is 7. The number of hydrogen-bond donors (Lipinski definition) is 2. The molecule has 1 aromatic heterocycles. The van der Waals surface area contributed by atoms with Gasteiger partial charge in [-0.05, 0) is 98.1 Å². The predicted molar refractivity (Wildman–Crippen MR) is 134 cm³/mol. The topological polar surface area (TPSA) is 110 Å². The highest BCUT2D eigenvalue weighted by atomic mass is 32.2. The van der Waals surface area contributed by atoms with Crippen LogP contribution in [0, 0.1) is 20.8 Å². The minimum absolute atomic E-state index is 0.184. The molecular formula is C26H24N4O4S. The molecular weight excluding hydrogens is 464 g/mol. The summed E-state index contributed by atoms with van der Waals surface area (Å²) < 4.78 is 33.6. The Bertz CT molecular complexity index is 1470. The van der Waals surface area contributed by atoms with Crippen LogP contribution in [0.5, 0.6) is 11.8 Å². The van der Waals surface area contributed by atoms with Crippen LogP contribution < -0.4 is 14.8 Å². The average molecular weight is 489 g/mol. The Balaban J connectivity index is 1.42. The minimum atomic E-state index is -3.74. The summed E-state index contributed by atoms with van der Waals surface area (Å²) in [7, 11) is -3.74. The Kier molecular flexibility index (Phi) is 6.79. The summed E-state index contributed by atoms with van der Waals surface area (Å²) in [4.78, 5) is 21.0. The zero-order chi connectivity index (χ0) is 25.0. The van der Waals surface area contributed by atoms with Crippen molar-refractivity contribution in [2.24, 2.45) is 0 Å². The van der Waals surface area contributed by atoms with Crippen molar-refractivity contribution in [1.29, 1.82) is 0 Å². The second-order valence-electron chi connectivity index (χ2n) is 7.99. The molecule has 35 heavy (non-hydrogen) atoms. The quantitative estimate of drug-likeness (QED) is 0.368. The third-order valence-corrected chi connectivity index (χ3v) is 6.76.